The molecule has 0 radical (unpaired) electrons. The van der Waals surface area contributed by atoms with E-state index in [0.717, 1.165) is 0 Å². The summed E-state index contributed by atoms with van der Waals surface area (Å²) in [7, 11) is 1.56. The smallest absolute Gasteiger partial charge is 0.374 e. The van der Waals surface area contributed by atoms with Gasteiger partial charge >= 0.3 is 5.97 Å². The zero-order valence-electron chi connectivity index (χ0n) is 10.8. The number of carbonyl (C=O) groups is 1. The van der Waals surface area contributed by atoms with Crippen molar-refractivity contribution in [2.45, 2.75) is 6.92 Å². The van der Waals surface area contributed by atoms with Crippen molar-refractivity contribution in [2.24, 2.45) is 0 Å². The summed E-state index contributed by atoms with van der Waals surface area (Å²) in [5, 5.41) is 0. The first-order valence-corrected chi connectivity index (χ1v) is 5.86. The van der Waals surface area contributed by atoms with Crippen molar-refractivity contribution in [1.82, 2.24) is 0 Å². The molecule has 2 aromatic rings. The van der Waals surface area contributed by atoms with Crippen molar-refractivity contribution in [3.8, 4) is 17.1 Å². The summed E-state index contributed by atoms with van der Waals surface area (Å²) < 4.78 is 15.6. The van der Waals surface area contributed by atoms with Gasteiger partial charge in [-0.05, 0) is 37.3 Å². The van der Waals surface area contributed by atoms with E-state index >= 15 is 0 Å². The molecular formula is C14H15NO4. The fourth-order valence-corrected chi connectivity index (χ4v) is 1.71. The van der Waals surface area contributed by atoms with Crippen LogP contribution in [0.15, 0.2) is 34.7 Å². The van der Waals surface area contributed by atoms with Crippen LogP contribution in [-0.4, -0.2) is 19.7 Å². The number of methoxy groups -OCH3 is 1. The van der Waals surface area contributed by atoms with Crippen molar-refractivity contribution >= 4 is 11.7 Å². The molecule has 2 rings (SSSR count). The molecule has 0 aliphatic rings. The molecule has 0 aliphatic heterocycles. The van der Waals surface area contributed by atoms with E-state index in [-0.39, 0.29) is 5.76 Å². The number of carbonyl (C=O) groups excluding carboxylic acids is 1. The second-order valence-electron chi connectivity index (χ2n) is 3.84. The maximum absolute atomic E-state index is 11.5. The van der Waals surface area contributed by atoms with Crippen LogP contribution < -0.4 is 10.5 Å². The Balaban J connectivity index is 2.37. The zero-order valence-corrected chi connectivity index (χ0v) is 10.8. The molecule has 0 atom stereocenters. The van der Waals surface area contributed by atoms with Gasteiger partial charge in [0.15, 0.2) is 0 Å². The number of anilines is 1. The van der Waals surface area contributed by atoms with E-state index in [1.165, 1.54) is 0 Å². The van der Waals surface area contributed by atoms with E-state index < -0.39 is 5.97 Å². The second-order valence-corrected chi connectivity index (χ2v) is 3.84. The largest absolute Gasteiger partial charge is 0.496 e. The van der Waals surface area contributed by atoms with Gasteiger partial charge in [-0.1, -0.05) is 0 Å². The van der Waals surface area contributed by atoms with E-state index in [2.05, 4.69) is 0 Å². The maximum atomic E-state index is 11.5. The first-order valence-electron chi connectivity index (χ1n) is 5.86. The molecule has 2 N–H and O–H groups in total. The van der Waals surface area contributed by atoms with Crippen LogP contribution in [0, 0.1) is 0 Å². The van der Waals surface area contributed by atoms with Crippen LogP contribution in [0.5, 0.6) is 5.75 Å². The van der Waals surface area contributed by atoms with Crippen LogP contribution in [-0.2, 0) is 4.74 Å². The third kappa shape index (κ3) is 2.70. The van der Waals surface area contributed by atoms with Gasteiger partial charge in [0, 0.05) is 5.69 Å². The molecule has 0 amide bonds. The molecule has 0 bridgehead atoms. The highest BCUT2D eigenvalue weighted by Crippen LogP contribution is 2.33. The molecule has 0 saturated carbocycles. The predicted molar refractivity (Wildman–Crippen MR) is 71.1 cm³/mol. The fourth-order valence-electron chi connectivity index (χ4n) is 1.71. The van der Waals surface area contributed by atoms with Crippen molar-refractivity contribution in [1.29, 1.82) is 0 Å². The van der Waals surface area contributed by atoms with E-state index in [0.29, 0.717) is 29.4 Å². The minimum absolute atomic E-state index is 0.154. The number of hydrogen-bond acceptors (Lipinski definition) is 5. The molecule has 5 nitrogen and oxygen atoms in total. The van der Waals surface area contributed by atoms with Gasteiger partial charge in [0.05, 0.1) is 19.3 Å². The lowest BCUT2D eigenvalue weighted by atomic mass is 10.1. The van der Waals surface area contributed by atoms with Gasteiger partial charge in [-0.3, -0.25) is 0 Å². The normalized spacial score (nSPS) is 10.2. The molecule has 1 heterocycles. The van der Waals surface area contributed by atoms with Gasteiger partial charge in [0.1, 0.15) is 11.5 Å². The molecule has 0 saturated heterocycles. The Kier molecular flexibility index (Phi) is 3.75. The molecule has 19 heavy (non-hydrogen) atoms. The highest BCUT2D eigenvalue weighted by Gasteiger charge is 2.15. The lowest BCUT2D eigenvalue weighted by molar-refractivity contribution is 0.0491. The Morgan fingerprint density at radius 2 is 2.11 bits per heavy atom. The number of nitrogens with two attached hydrogens (primary N) is 1. The Morgan fingerprint density at radius 1 is 1.32 bits per heavy atom. The molecule has 0 aliphatic carbocycles. The van der Waals surface area contributed by atoms with E-state index in [9.17, 15) is 4.79 Å². The Labute approximate surface area is 110 Å². The lowest BCUT2D eigenvalue weighted by Gasteiger charge is -2.06. The highest BCUT2D eigenvalue weighted by atomic mass is 16.5. The first-order chi connectivity index (χ1) is 9.15. The van der Waals surface area contributed by atoms with Crippen LogP contribution >= 0.6 is 0 Å². The van der Waals surface area contributed by atoms with Gasteiger partial charge < -0.3 is 19.6 Å². The second kappa shape index (κ2) is 5.48. The molecular weight excluding hydrogens is 246 g/mol. The molecule has 1 aromatic carbocycles. The van der Waals surface area contributed by atoms with Crippen LogP contribution in [0.1, 0.15) is 17.5 Å². The highest BCUT2D eigenvalue weighted by molar-refractivity contribution is 5.87. The minimum Gasteiger partial charge on any atom is -0.496 e. The van der Waals surface area contributed by atoms with Crippen LogP contribution in [0.3, 0.4) is 0 Å². The molecule has 0 fully saturated rings. The van der Waals surface area contributed by atoms with Crippen molar-refractivity contribution in [3.63, 3.8) is 0 Å². The number of nitrogen functional groups attached to an aromatic ring is 1. The van der Waals surface area contributed by atoms with Crippen LogP contribution in [0.2, 0.25) is 0 Å². The Bertz CT molecular complexity index is 589. The summed E-state index contributed by atoms with van der Waals surface area (Å²) in [6.45, 7) is 2.04. The SMILES string of the molecule is CCOC(=O)c1ccc(-c2cc(N)ccc2OC)o1. The number of ether oxygens (including phenoxy) is 2. The molecule has 0 unspecified atom stereocenters. The van der Waals surface area contributed by atoms with Crippen molar-refractivity contribution in [2.75, 3.05) is 19.5 Å². The standard InChI is InChI=1S/C14H15NO4/c1-3-18-14(16)13-7-6-12(19-13)10-8-9(15)4-5-11(10)17-2/h4-8H,3,15H2,1-2H3. The molecule has 5 heteroatoms. The Hall–Kier alpha value is -2.43. The van der Waals surface area contributed by atoms with Crippen LogP contribution in [0.4, 0.5) is 5.69 Å². The topological polar surface area (TPSA) is 74.7 Å². The molecule has 0 spiro atoms. The summed E-state index contributed by atoms with van der Waals surface area (Å²) in [5.74, 6) is 0.795. The molecule has 1 aromatic heterocycles. The van der Waals surface area contributed by atoms with E-state index in [1.54, 1.807) is 44.4 Å². The van der Waals surface area contributed by atoms with Gasteiger partial charge in [0.25, 0.3) is 0 Å². The van der Waals surface area contributed by atoms with E-state index in [4.69, 9.17) is 19.6 Å². The quantitative estimate of drug-likeness (QED) is 0.676. The third-order valence-corrected chi connectivity index (χ3v) is 2.57. The summed E-state index contributed by atoms with van der Waals surface area (Å²) in [4.78, 5) is 11.5. The summed E-state index contributed by atoms with van der Waals surface area (Å²) in [6.07, 6.45) is 0. The third-order valence-electron chi connectivity index (χ3n) is 2.57. The maximum Gasteiger partial charge on any atom is 0.374 e. The van der Waals surface area contributed by atoms with Crippen LogP contribution in [0.25, 0.3) is 11.3 Å². The molecule has 100 valence electrons. The zero-order chi connectivity index (χ0) is 13.8. The van der Waals surface area contributed by atoms with Gasteiger partial charge in [-0.15, -0.1) is 0 Å². The summed E-state index contributed by atoms with van der Waals surface area (Å²) >= 11 is 0. The number of esters is 1. The van der Waals surface area contributed by atoms with E-state index in [1.807, 2.05) is 0 Å². The van der Waals surface area contributed by atoms with Crippen molar-refractivity contribution in [3.05, 3.63) is 36.1 Å². The summed E-state index contributed by atoms with van der Waals surface area (Å²) in [6, 6.07) is 8.46. The average molecular weight is 261 g/mol. The predicted octanol–water partition coefficient (Wildman–Crippen LogP) is 2.71. The fraction of sp³-hybridized carbons (Fsp3) is 0.214. The summed E-state index contributed by atoms with van der Waals surface area (Å²) in [5.41, 5.74) is 7.03. The van der Waals surface area contributed by atoms with Gasteiger partial charge in [0.2, 0.25) is 5.76 Å². The number of benzene rings is 1. The van der Waals surface area contributed by atoms with Gasteiger partial charge in [-0.2, -0.15) is 0 Å². The minimum atomic E-state index is -0.489. The first kappa shape index (κ1) is 13.0. The van der Waals surface area contributed by atoms with Gasteiger partial charge in [-0.25, -0.2) is 4.79 Å². The lowest BCUT2D eigenvalue weighted by Crippen LogP contribution is -2.02. The number of hydrogen-bond donors (Lipinski definition) is 1. The van der Waals surface area contributed by atoms with Crippen molar-refractivity contribution < 1.29 is 18.7 Å². The number of furan rings is 1. The average Bonchev–Trinajstić information content (AvgIpc) is 2.88. The number of rotatable bonds is 4. The monoisotopic (exact) mass is 261 g/mol. The Morgan fingerprint density at radius 3 is 2.79 bits per heavy atom.